The number of nitrogens with zero attached hydrogens (tertiary/aromatic N) is 3. The van der Waals surface area contributed by atoms with E-state index >= 15 is 0 Å². The van der Waals surface area contributed by atoms with Gasteiger partial charge in [-0.1, -0.05) is 6.07 Å². The second-order valence-electron chi connectivity index (χ2n) is 7.32. The van der Waals surface area contributed by atoms with Crippen LogP contribution >= 0.6 is 0 Å². The van der Waals surface area contributed by atoms with E-state index in [4.69, 9.17) is 4.74 Å². The molecule has 0 aliphatic carbocycles. The lowest BCUT2D eigenvalue weighted by molar-refractivity contribution is 0.102. The van der Waals surface area contributed by atoms with E-state index in [0.717, 1.165) is 12.1 Å². The van der Waals surface area contributed by atoms with Gasteiger partial charge in [0.1, 0.15) is 29.8 Å². The number of anilines is 1. The number of fused-ring (bicyclic) bond motifs is 2. The molecule has 7 nitrogen and oxygen atoms in total. The number of rotatable bonds is 5. The summed E-state index contributed by atoms with van der Waals surface area (Å²) in [6.45, 7) is 1.29. The number of carbonyl (C=O) groups excluding carboxylic acids is 1. The van der Waals surface area contributed by atoms with Gasteiger partial charge in [-0.25, -0.2) is 18.2 Å². The highest BCUT2D eigenvalue weighted by molar-refractivity contribution is 6.08. The summed E-state index contributed by atoms with van der Waals surface area (Å²) in [4.78, 5) is 17.5. The van der Waals surface area contributed by atoms with Crippen LogP contribution in [0.2, 0.25) is 0 Å². The molecule has 166 valence electrons. The fourth-order valence-corrected chi connectivity index (χ4v) is 3.61. The Bertz CT molecular complexity index is 1510. The van der Waals surface area contributed by atoms with E-state index in [9.17, 15) is 18.0 Å². The Labute approximate surface area is 184 Å². The Hall–Kier alpha value is -4.34. The van der Waals surface area contributed by atoms with Crippen LogP contribution in [0.4, 0.5) is 19.0 Å². The van der Waals surface area contributed by atoms with Crippen LogP contribution in [0.15, 0.2) is 54.7 Å². The maximum absolute atomic E-state index is 13.9. The van der Waals surface area contributed by atoms with Gasteiger partial charge in [-0.3, -0.25) is 14.3 Å². The van der Waals surface area contributed by atoms with E-state index in [1.807, 2.05) is 0 Å². The third kappa shape index (κ3) is 3.65. The van der Waals surface area contributed by atoms with E-state index in [1.165, 1.54) is 28.7 Å². The molecule has 5 rings (SSSR count). The third-order valence-corrected chi connectivity index (χ3v) is 5.19. The van der Waals surface area contributed by atoms with Crippen LogP contribution in [0.1, 0.15) is 21.7 Å². The monoisotopic (exact) mass is 451 g/mol. The summed E-state index contributed by atoms with van der Waals surface area (Å²) in [5.74, 6) is -2.00. The first-order valence-electron chi connectivity index (χ1n) is 9.90. The fourth-order valence-electron chi connectivity index (χ4n) is 3.61. The Morgan fingerprint density at radius 1 is 1.12 bits per heavy atom. The van der Waals surface area contributed by atoms with E-state index in [-0.39, 0.29) is 29.4 Å². The smallest absolute Gasteiger partial charge is 0.275 e. The summed E-state index contributed by atoms with van der Waals surface area (Å²) in [6, 6.07) is 10.9. The van der Waals surface area contributed by atoms with Gasteiger partial charge >= 0.3 is 0 Å². The summed E-state index contributed by atoms with van der Waals surface area (Å²) in [5, 5.41) is 9.87. The van der Waals surface area contributed by atoms with Crippen molar-refractivity contribution >= 4 is 28.3 Å². The zero-order chi connectivity index (χ0) is 23.1. The Balaban J connectivity index is 1.46. The molecular formula is C23H16F3N5O2. The number of aromatic nitrogens is 4. The van der Waals surface area contributed by atoms with Gasteiger partial charge in [0.05, 0.1) is 16.8 Å². The molecule has 10 heteroatoms. The van der Waals surface area contributed by atoms with Crippen LogP contribution in [0.25, 0.3) is 16.6 Å². The number of halogens is 3. The molecular weight excluding hydrogens is 435 g/mol. The maximum Gasteiger partial charge on any atom is 0.275 e. The summed E-state index contributed by atoms with van der Waals surface area (Å²) in [6.07, 6.45) is 1.61. The number of ether oxygens (including phenoxy) is 1. The molecule has 0 bridgehead atoms. The molecule has 3 aromatic heterocycles. The highest BCUT2D eigenvalue weighted by Gasteiger charge is 2.21. The highest BCUT2D eigenvalue weighted by Crippen LogP contribution is 2.26. The summed E-state index contributed by atoms with van der Waals surface area (Å²) >= 11 is 0. The Morgan fingerprint density at radius 2 is 1.91 bits per heavy atom. The molecule has 2 aromatic carbocycles. The number of aryl methyl sites for hydroxylation is 1. The lowest BCUT2D eigenvalue weighted by Crippen LogP contribution is -2.16. The molecule has 33 heavy (non-hydrogen) atoms. The van der Waals surface area contributed by atoms with Crippen molar-refractivity contribution in [3.63, 3.8) is 0 Å². The molecule has 0 spiro atoms. The number of hydrogen-bond donors (Lipinski definition) is 2. The van der Waals surface area contributed by atoms with Crippen LogP contribution in [-0.4, -0.2) is 25.5 Å². The van der Waals surface area contributed by atoms with E-state index < -0.39 is 23.4 Å². The number of nitrogens with one attached hydrogen (secondary N) is 2. The zero-order valence-electron chi connectivity index (χ0n) is 17.2. The minimum Gasteiger partial charge on any atom is -0.485 e. The van der Waals surface area contributed by atoms with Gasteiger partial charge in [0.15, 0.2) is 17.2 Å². The van der Waals surface area contributed by atoms with Crippen LogP contribution in [-0.2, 0) is 6.61 Å². The molecule has 0 fully saturated rings. The molecule has 2 N–H and O–H groups in total. The van der Waals surface area contributed by atoms with Gasteiger partial charge in [0.25, 0.3) is 5.91 Å². The van der Waals surface area contributed by atoms with Crippen molar-refractivity contribution < 1.29 is 22.7 Å². The quantitative estimate of drug-likeness (QED) is 0.403. The topological polar surface area (TPSA) is 84.3 Å². The number of carbonyl (C=O) groups is 1. The fraction of sp³-hybridized carbons (Fsp3) is 0.0870. The first-order chi connectivity index (χ1) is 15.9. The molecule has 0 atom stereocenters. The average molecular weight is 451 g/mol. The molecule has 5 aromatic rings. The minimum absolute atomic E-state index is 0.172. The van der Waals surface area contributed by atoms with Crippen molar-refractivity contribution in [2.24, 2.45) is 0 Å². The highest BCUT2D eigenvalue weighted by atomic mass is 19.1. The van der Waals surface area contributed by atoms with Crippen molar-refractivity contribution in [3.8, 4) is 5.75 Å². The molecule has 3 heterocycles. The molecule has 0 saturated heterocycles. The minimum atomic E-state index is -0.718. The van der Waals surface area contributed by atoms with Crippen molar-refractivity contribution in [1.82, 2.24) is 19.6 Å². The normalized spacial score (nSPS) is 11.3. The Morgan fingerprint density at radius 3 is 2.70 bits per heavy atom. The number of amides is 1. The zero-order valence-corrected chi connectivity index (χ0v) is 17.2. The molecule has 0 unspecified atom stereocenters. The van der Waals surface area contributed by atoms with Crippen LogP contribution in [0, 0.1) is 24.4 Å². The van der Waals surface area contributed by atoms with Crippen molar-refractivity contribution in [2.45, 2.75) is 13.5 Å². The number of aromatic amines is 1. The first kappa shape index (κ1) is 20.6. The Kier molecular flexibility index (Phi) is 4.97. The molecule has 0 aliphatic rings. The first-order valence-corrected chi connectivity index (χ1v) is 9.90. The number of imidazole rings is 1. The van der Waals surface area contributed by atoms with E-state index in [0.29, 0.717) is 22.2 Å². The second-order valence-corrected chi connectivity index (χ2v) is 7.32. The lowest BCUT2D eigenvalue weighted by atomic mass is 10.2. The van der Waals surface area contributed by atoms with Crippen molar-refractivity contribution in [2.75, 3.05) is 5.32 Å². The van der Waals surface area contributed by atoms with E-state index in [2.05, 4.69) is 20.5 Å². The molecule has 0 saturated carbocycles. The summed E-state index contributed by atoms with van der Waals surface area (Å²) in [7, 11) is 0. The standard InChI is InChI=1S/C23H16F3N5O2/c1-12-20(23(32)28-21-14-10-13(24)7-8-18(14)29-30-21)31-9-3-6-19(22(31)27-12)33-11-15-16(25)4-2-5-17(15)26/h2-10H,11H2,1H3,(H2,28,29,30,32). The lowest BCUT2D eigenvalue weighted by Gasteiger charge is -2.09. The number of benzene rings is 2. The van der Waals surface area contributed by atoms with Crippen molar-refractivity contribution in [3.05, 3.63) is 89.1 Å². The van der Waals surface area contributed by atoms with Crippen LogP contribution in [0.3, 0.4) is 0 Å². The number of hydrogen-bond acceptors (Lipinski definition) is 4. The SMILES string of the molecule is Cc1nc2c(OCc3c(F)cccc3F)cccn2c1C(=O)Nc1n[nH]c2ccc(F)cc12. The van der Waals surface area contributed by atoms with Gasteiger partial charge in [-0.15, -0.1) is 0 Å². The number of pyridine rings is 1. The maximum atomic E-state index is 13.9. The predicted octanol–water partition coefficient (Wildman–Crippen LogP) is 4.77. The summed E-state index contributed by atoms with van der Waals surface area (Å²) < 4.78 is 48.6. The average Bonchev–Trinajstić information content (AvgIpc) is 3.33. The largest absolute Gasteiger partial charge is 0.485 e. The third-order valence-electron chi connectivity index (χ3n) is 5.19. The molecule has 0 radical (unpaired) electrons. The second kappa shape index (κ2) is 7.97. The van der Waals surface area contributed by atoms with Crippen molar-refractivity contribution in [1.29, 1.82) is 0 Å². The number of H-pyrrole nitrogens is 1. The van der Waals surface area contributed by atoms with Gasteiger partial charge < -0.3 is 10.1 Å². The van der Waals surface area contributed by atoms with Crippen LogP contribution < -0.4 is 10.1 Å². The van der Waals surface area contributed by atoms with Gasteiger partial charge in [-0.2, -0.15) is 5.10 Å². The van der Waals surface area contributed by atoms with Crippen LogP contribution in [0.5, 0.6) is 5.75 Å². The summed E-state index contributed by atoms with van der Waals surface area (Å²) in [5.41, 5.74) is 1.26. The molecule has 0 aliphatic heterocycles. The van der Waals surface area contributed by atoms with Gasteiger partial charge in [0.2, 0.25) is 0 Å². The van der Waals surface area contributed by atoms with Gasteiger partial charge in [0, 0.05) is 11.6 Å². The predicted molar refractivity (Wildman–Crippen MR) is 115 cm³/mol. The van der Waals surface area contributed by atoms with Gasteiger partial charge in [-0.05, 0) is 49.4 Å². The molecule has 1 amide bonds. The van der Waals surface area contributed by atoms with E-state index in [1.54, 1.807) is 25.3 Å².